The Hall–Kier alpha value is -0.330. The maximum atomic E-state index is 11.9. The summed E-state index contributed by atoms with van der Waals surface area (Å²) < 4.78 is 0. The third kappa shape index (κ3) is 7.39. The van der Waals surface area contributed by atoms with Crippen LogP contribution in [0.15, 0.2) is 0 Å². The van der Waals surface area contributed by atoms with Crippen LogP contribution < -0.4 is 0 Å². The summed E-state index contributed by atoms with van der Waals surface area (Å²) in [5.74, 6) is 6.12. The molecule has 0 saturated heterocycles. The number of unbranched alkanes of at least 4 members (excludes halogenated alkanes) is 1. The molecule has 0 bridgehead atoms. The standard InChI is InChI=1S/C28H50O/c1-3-7-22-10-16-25(17-11-22)26-18-12-23(13-19-26)8-5-6-9-24-14-20-27(21-15-24)28(29)4-2/h22-27H,3-21H2,1-2H3. The van der Waals surface area contributed by atoms with E-state index in [1.807, 2.05) is 6.92 Å². The average Bonchev–Trinajstić information content (AvgIpc) is 2.78. The van der Waals surface area contributed by atoms with Gasteiger partial charge in [-0.3, -0.25) is 4.79 Å². The van der Waals surface area contributed by atoms with Gasteiger partial charge in [0.25, 0.3) is 0 Å². The Bertz CT molecular complexity index is 445. The third-order valence-corrected chi connectivity index (χ3v) is 9.27. The first-order valence-electron chi connectivity index (χ1n) is 13.7. The minimum atomic E-state index is 0.410. The maximum absolute atomic E-state index is 11.9. The summed E-state index contributed by atoms with van der Waals surface area (Å²) in [4.78, 5) is 11.9. The lowest BCUT2D eigenvalue weighted by molar-refractivity contribution is -0.123. The van der Waals surface area contributed by atoms with Crippen LogP contribution in [0.1, 0.15) is 136 Å². The number of hydrogen-bond donors (Lipinski definition) is 0. The van der Waals surface area contributed by atoms with Crippen LogP contribution in [0, 0.1) is 35.5 Å². The first kappa shape index (κ1) is 23.3. The lowest BCUT2D eigenvalue weighted by Gasteiger charge is -2.38. The third-order valence-electron chi connectivity index (χ3n) is 9.27. The van der Waals surface area contributed by atoms with Crippen molar-refractivity contribution in [2.45, 2.75) is 136 Å². The summed E-state index contributed by atoms with van der Waals surface area (Å²) in [7, 11) is 0. The molecule has 3 rings (SSSR count). The Morgan fingerprint density at radius 3 is 1.41 bits per heavy atom. The van der Waals surface area contributed by atoms with Crippen LogP contribution in [0.3, 0.4) is 0 Å². The van der Waals surface area contributed by atoms with E-state index in [1.165, 1.54) is 89.9 Å². The molecule has 1 heteroatoms. The van der Waals surface area contributed by atoms with E-state index < -0.39 is 0 Å². The summed E-state index contributed by atoms with van der Waals surface area (Å²) in [6.45, 7) is 4.38. The van der Waals surface area contributed by atoms with Crippen LogP contribution in [0.25, 0.3) is 0 Å². The molecule has 0 spiro atoms. The quantitative estimate of drug-likeness (QED) is 0.334. The van der Waals surface area contributed by atoms with Crippen LogP contribution in [-0.4, -0.2) is 5.78 Å². The highest BCUT2D eigenvalue weighted by Gasteiger charge is 2.30. The lowest BCUT2D eigenvalue weighted by atomic mass is 9.68. The van der Waals surface area contributed by atoms with Crippen molar-refractivity contribution in [1.29, 1.82) is 0 Å². The summed E-state index contributed by atoms with van der Waals surface area (Å²) in [5, 5.41) is 0. The van der Waals surface area contributed by atoms with Crippen molar-refractivity contribution in [1.82, 2.24) is 0 Å². The van der Waals surface area contributed by atoms with Crippen LogP contribution in [-0.2, 0) is 4.79 Å². The summed E-state index contributed by atoms with van der Waals surface area (Å²) in [6, 6.07) is 0. The van der Waals surface area contributed by atoms with Gasteiger partial charge in [-0.2, -0.15) is 0 Å². The highest BCUT2D eigenvalue weighted by atomic mass is 16.1. The molecule has 0 aromatic heterocycles. The Morgan fingerprint density at radius 1 is 0.586 bits per heavy atom. The van der Waals surface area contributed by atoms with Gasteiger partial charge in [-0.25, -0.2) is 0 Å². The smallest absolute Gasteiger partial charge is 0.135 e. The van der Waals surface area contributed by atoms with Crippen LogP contribution >= 0.6 is 0 Å². The van der Waals surface area contributed by atoms with Crippen LogP contribution in [0.4, 0.5) is 0 Å². The zero-order chi connectivity index (χ0) is 20.5. The van der Waals surface area contributed by atoms with Gasteiger partial charge in [-0.15, -0.1) is 0 Å². The van der Waals surface area contributed by atoms with Crippen molar-refractivity contribution in [2.75, 3.05) is 0 Å². The summed E-state index contributed by atoms with van der Waals surface area (Å²) >= 11 is 0. The normalized spacial score (nSPS) is 36.1. The van der Waals surface area contributed by atoms with E-state index in [0.29, 0.717) is 11.7 Å². The van der Waals surface area contributed by atoms with Gasteiger partial charge in [0.1, 0.15) is 5.78 Å². The molecule has 3 aliphatic rings. The number of ketones is 1. The lowest BCUT2D eigenvalue weighted by Crippen LogP contribution is -2.25. The van der Waals surface area contributed by atoms with E-state index in [-0.39, 0.29) is 0 Å². The molecular weight excluding hydrogens is 352 g/mol. The highest BCUT2D eigenvalue weighted by molar-refractivity contribution is 5.80. The second-order valence-corrected chi connectivity index (χ2v) is 11.2. The maximum Gasteiger partial charge on any atom is 0.135 e. The molecule has 0 atom stereocenters. The molecule has 3 saturated carbocycles. The van der Waals surface area contributed by atoms with E-state index >= 15 is 0 Å². The molecule has 0 radical (unpaired) electrons. The van der Waals surface area contributed by atoms with Gasteiger partial charge in [0.2, 0.25) is 0 Å². The Balaban J connectivity index is 1.22. The van der Waals surface area contributed by atoms with Crippen LogP contribution in [0.2, 0.25) is 0 Å². The van der Waals surface area contributed by atoms with Gasteiger partial charge in [-0.1, -0.05) is 78.1 Å². The molecule has 168 valence electrons. The second-order valence-electron chi connectivity index (χ2n) is 11.2. The van der Waals surface area contributed by atoms with Gasteiger partial charge in [0.15, 0.2) is 0 Å². The van der Waals surface area contributed by atoms with Crippen molar-refractivity contribution in [3.05, 3.63) is 0 Å². The predicted octanol–water partition coefficient (Wildman–Crippen LogP) is 8.75. The Labute approximate surface area is 182 Å². The molecule has 0 N–H and O–H groups in total. The monoisotopic (exact) mass is 402 g/mol. The van der Waals surface area contributed by atoms with Crippen molar-refractivity contribution >= 4 is 5.78 Å². The molecule has 3 aliphatic carbocycles. The zero-order valence-electron chi connectivity index (χ0n) is 19.8. The second kappa shape index (κ2) is 12.5. The molecule has 29 heavy (non-hydrogen) atoms. The zero-order valence-corrected chi connectivity index (χ0v) is 19.8. The van der Waals surface area contributed by atoms with Crippen LogP contribution in [0.5, 0.6) is 0 Å². The number of carbonyl (C=O) groups is 1. The average molecular weight is 403 g/mol. The molecule has 0 aliphatic heterocycles. The van der Waals surface area contributed by atoms with E-state index in [9.17, 15) is 4.79 Å². The first-order valence-corrected chi connectivity index (χ1v) is 13.7. The summed E-state index contributed by atoms with van der Waals surface area (Å²) in [5.41, 5.74) is 0. The highest BCUT2D eigenvalue weighted by Crippen LogP contribution is 2.43. The molecule has 3 fully saturated rings. The first-order chi connectivity index (χ1) is 14.2. The molecule has 0 aromatic rings. The number of Topliss-reactive ketones (excluding diaryl/α,β-unsaturated/α-hetero) is 1. The van der Waals surface area contributed by atoms with Crippen molar-refractivity contribution in [3.8, 4) is 0 Å². The minimum absolute atomic E-state index is 0.410. The summed E-state index contributed by atoms with van der Waals surface area (Å²) in [6.07, 6.45) is 26.8. The van der Waals surface area contributed by atoms with Gasteiger partial charge in [-0.05, 0) is 81.0 Å². The van der Waals surface area contributed by atoms with Gasteiger partial charge in [0.05, 0.1) is 0 Å². The Morgan fingerprint density at radius 2 is 1.00 bits per heavy atom. The van der Waals surface area contributed by atoms with Gasteiger partial charge >= 0.3 is 0 Å². The molecule has 0 heterocycles. The van der Waals surface area contributed by atoms with Gasteiger partial charge in [0, 0.05) is 12.3 Å². The van der Waals surface area contributed by atoms with Crippen molar-refractivity contribution in [3.63, 3.8) is 0 Å². The van der Waals surface area contributed by atoms with E-state index in [4.69, 9.17) is 0 Å². The minimum Gasteiger partial charge on any atom is -0.299 e. The fourth-order valence-corrected chi connectivity index (χ4v) is 7.23. The topological polar surface area (TPSA) is 17.1 Å². The van der Waals surface area contributed by atoms with E-state index in [2.05, 4.69) is 6.92 Å². The molecule has 0 aromatic carbocycles. The predicted molar refractivity (Wildman–Crippen MR) is 125 cm³/mol. The molecular formula is C28H50O. The van der Waals surface area contributed by atoms with Crippen molar-refractivity contribution < 1.29 is 4.79 Å². The molecule has 1 nitrogen and oxygen atoms in total. The fraction of sp³-hybridized carbons (Fsp3) is 0.964. The number of rotatable bonds is 10. The Kier molecular flexibility index (Phi) is 10.1. The SMILES string of the molecule is CCCC1CCC(C2CCC(CCCCC3CCC(C(=O)CC)CC3)CC2)CC1. The fourth-order valence-electron chi connectivity index (χ4n) is 7.23. The van der Waals surface area contributed by atoms with Gasteiger partial charge < -0.3 is 0 Å². The molecule has 0 unspecified atom stereocenters. The van der Waals surface area contributed by atoms with Crippen molar-refractivity contribution in [2.24, 2.45) is 35.5 Å². The number of carbonyl (C=O) groups excluding carboxylic acids is 1. The largest absolute Gasteiger partial charge is 0.299 e. The molecule has 0 amide bonds. The number of hydrogen-bond acceptors (Lipinski definition) is 1. The van der Waals surface area contributed by atoms with E-state index in [0.717, 1.165) is 36.0 Å². The van der Waals surface area contributed by atoms with E-state index in [1.54, 1.807) is 25.7 Å².